The van der Waals surface area contributed by atoms with Crippen LogP contribution in [0.5, 0.6) is 0 Å². The lowest BCUT2D eigenvalue weighted by Gasteiger charge is -2.17. The van der Waals surface area contributed by atoms with Crippen LogP contribution in [0.3, 0.4) is 0 Å². The zero-order valence-electron chi connectivity index (χ0n) is 11.8. The van der Waals surface area contributed by atoms with Crippen molar-refractivity contribution in [3.05, 3.63) is 24.3 Å². The minimum Gasteiger partial charge on any atom is -0.395 e. The number of anilines is 2. The molecule has 1 aliphatic rings. The average molecular weight is 327 g/mol. The quantitative estimate of drug-likeness (QED) is 0.631. The fraction of sp³-hybridized carbons (Fsp3) is 0.385. The molecule has 2 rings (SSSR count). The maximum absolute atomic E-state index is 11.8. The number of aliphatic hydroxyl groups is 1. The monoisotopic (exact) mass is 327 g/mol. The molecule has 8 nitrogen and oxygen atoms in total. The number of nitrogens with zero attached hydrogens (tertiary/aromatic N) is 1. The van der Waals surface area contributed by atoms with Crippen molar-refractivity contribution in [1.29, 1.82) is 0 Å². The second kappa shape index (κ2) is 6.75. The van der Waals surface area contributed by atoms with E-state index in [1.807, 2.05) is 0 Å². The number of aliphatic hydroxyl groups excluding tert-OH is 1. The molecule has 3 N–H and O–H groups in total. The number of carbonyl (C=O) groups excluding carboxylic acids is 2. The number of benzene rings is 1. The second-order valence-electron chi connectivity index (χ2n) is 4.72. The molecule has 0 bridgehead atoms. The summed E-state index contributed by atoms with van der Waals surface area (Å²) in [6.07, 6.45) is 0.589. The normalized spacial score (nSPS) is 16.3. The lowest BCUT2D eigenvalue weighted by atomic mass is 10.2. The zero-order valence-corrected chi connectivity index (χ0v) is 12.6. The fourth-order valence-corrected chi connectivity index (χ4v) is 3.64. The number of hydrogen-bond acceptors (Lipinski definition) is 5. The third-order valence-electron chi connectivity index (χ3n) is 3.12. The average Bonchev–Trinajstić information content (AvgIpc) is 2.85. The lowest BCUT2D eigenvalue weighted by Crippen LogP contribution is -2.36. The van der Waals surface area contributed by atoms with E-state index in [9.17, 15) is 18.0 Å². The second-order valence-corrected chi connectivity index (χ2v) is 6.74. The van der Waals surface area contributed by atoms with Gasteiger partial charge in [-0.15, -0.1) is 0 Å². The number of rotatable bonds is 4. The molecule has 1 heterocycles. The van der Waals surface area contributed by atoms with Crippen LogP contribution in [0.1, 0.15) is 6.42 Å². The molecule has 0 saturated carbocycles. The van der Waals surface area contributed by atoms with Gasteiger partial charge in [0, 0.05) is 18.8 Å². The smallest absolute Gasteiger partial charge is 0.313 e. The van der Waals surface area contributed by atoms with E-state index in [4.69, 9.17) is 5.11 Å². The maximum atomic E-state index is 11.8. The summed E-state index contributed by atoms with van der Waals surface area (Å²) in [5, 5.41) is 13.2. The van der Waals surface area contributed by atoms with E-state index in [0.717, 1.165) is 0 Å². The van der Waals surface area contributed by atoms with Crippen LogP contribution in [0.25, 0.3) is 0 Å². The highest BCUT2D eigenvalue weighted by Crippen LogP contribution is 2.25. The molecule has 0 aromatic heterocycles. The molecule has 0 unspecified atom stereocenters. The SMILES string of the molecule is O=C(NCCO)C(=O)Nc1ccc(N2CCCS2(=O)=O)cc1. The molecule has 120 valence electrons. The summed E-state index contributed by atoms with van der Waals surface area (Å²) in [6.45, 7) is 0.188. The standard InChI is InChI=1S/C13H17N3O5S/c17-8-6-14-12(18)13(19)15-10-2-4-11(5-3-10)16-7-1-9-22(16,20)21/h2-5,17H,1,6-9H2,(H,14,18)(H,15,19). The number of nitrogens with one attached hydrogen (secondary N) is 2. The van der Waals surface area contributed by atoms with Crippen LogP contribution in [0, 0.1) is 0 Å². The highest BCUT2D eigenvalue weighted by atomic mass is 32.2. The predicted molar refractivity (Wildman–Crippen MR) is 80.9 cm³/mol. The van der Waals surface area contributed by atoms with Crippen LogP contribution >= 0.6 is 0 Å². The van der Waals surface area contributed by atoms with Gasteiger partial charge in [0.15, 0.2) is 0 Å². The van der Waals surface area contributed by atoms with Crippen LogP contribution in [0.2, 0.25) is 0 Å². The van der Waals surface area contributed by atoms with Gasteiger partial charge in [-0.25, -0.2) is 8.42 Å². The van der Waals surface area contributed by atoms with Crippen LogP contribution in [-0.4, -0.2) is 50.8 Å². The lowest BCUT2D eigenvalue weighted by molar-refractivity contribution is -0.136. The Morgan fingerprint density at radius 1 is 1.18 bits per heavy atom. The van der Waals surface area contributed by atoms with Crippen molar-refractivity contribution in [3.8, 4) is 0 Å². The molecule has 22 heavy (non-hydrogen) atoms. The third kappa shape index (κ3) is 3.74. The first-order valence-corrected chi connectivity index (χ1v) is 8.35. The molecule has 1 saturated heterocycles. The molecule has 1 aromatic rings. The van der Waals surface area contributed by atoms with E-state index in [2.05, 4.69) is 10.6 Å². The first-order chi connectivity index (χ1) is 10.4. The molecule has 0 atom stereocenters. The summed E-state index contributed by atoms with van der Waals surface area (Å²) in [4.78, 5) is 22.9. The van der Waals surface area contributed by atoms with Crippen molar-refractivity contribution in [2.45, 2.75) is 6.42 Å². The van der Waals surface area contributed by atoms with Gasteiger partial charge in [0.05, 0.1) is 18.0 Å². The van der Waals surface area contributed by atoms with E-state index in [1.165, 1.54) is 16.4 Å². The molecule has 1 fully saturated rings. The van der Waals surface area contributed by atoms with Gasteiger partial charge in [0.2, 0.25) is 10.0 Å². The number of amides is 2. The molecule has 2 amide bonds. The largest absolute Gasteiger partial charge is 0.395 e. The van der Waals surface area contributed by atoms with Crippen molar-refractivity contribution in [2.75, 3.05) is 35.1 Å². The van der Waals surface area contributed by atoms with Gasteiger partial charge in [0.1, 0.15) is 0 Å². The van der Waals surface area contributed by atoms with E-state index in [-0.39, 0.29) is 18.9 Å². The molecule has 0 spiro atoms. The van der Waals surface area contributed by atoms with Gasteiger partial charge in [0.25, 0.3) is 0 Å². The maximum Gasteiger partial charge on any atom is 0.313 e. The fourth-order valence-electron chi connectivity index (χ4n) is 2.08. The molecule has 0 radical (unpaired) electrons. The Morgan fingerprint density at radius 2 is 1.86 bits per heavy atom. The van der Waals surface area contributed by atoms with Crippen molar-refractivity contribution in [3.63, 3.8) is 0 Å². The van der Waals surface area contributed by atoms with E-state index >= 15 is 0 Å². The van der Waals surface area contributed by atoms with Gasteiger partial charge in [-0.05, 0) is 30.7 Å². The van der Waals surface area contributed by atoms with Crippen LogP contribution in [0.4, 0.5) is 11.4 Å². The Bertz CT molecular complexity index is 657. The van der Waals surface area contributed by atoms with E-state index < -0.39 is 21.8 Å². The molecule has 1 aliphatic heterocycles. The zero-order chi connectivity index (χ0) is 16.2. The summed E-state index contributed by atoms with van der Waals surface area (Å²) in [5.41, 5.74) is 0.907. The Kier molecular flexibility index (Phi) is 4.99. The highest BCUT2D eigenvalue weighted by molar-refractivity contribution is 7.93. The molecular weight excluding hydrogens is 310 g/mol. The summed E-state index contributed by atoms with van der Waals surface area (Å²) in [6, 6.07) is 6.20. The van der Waals surface area contributed by atoms with Gasteiger partial charge in [-0.1, -0.05) is 0 Å². The van der Waals surface area contributed by atoms with Gasteiger partial charge in [-0.2, -0.15) is 0 Å². The molecule has 0 aliphatic carbocycles. The Hall–Kier alpha value is -2.13. The van der Waals surface area contributed by atoms with Crippen molar-refractivity contribution in [1.82, 2.24) is 5.32 Å². The first kappa shape index (κ1) is 16.2. The van der Waals surface area contributed by atoms with Crippen LogP contribution < -0.4 is 14.9 Å². The summed E-state index contributed by atoms with van der Waals surface area (Å²) in [7, 11) is -3.24. The van der Waals surface area contributed by atoms with Gasteiger partial charge < -0.3 is 15.7 Å². The molecule has 1 aromatic carbocycles. The van der Waals surface area contributed by atoms with Crippen LogP contribution in [0.15, 0.2) is 24.3 Å². The topological polar surface area (TPSA) is 116 Å². The summed E-state index contributed by atoms with van der Waals surface area (Å²) in [5.74, 6) is -1.56. The Labute approximate surface area is 128 Å². The van der Waals surface area contributed by atoms with Crippen molar-refractivity contribution in [2.24, 2.45) is 0 Å². The summed E-state index contributed by atoms with van der Waals surface area (Å²) < 4.78 is 24.9. The summed E-state index contributed by atoms with van der Waals surface area (Å²) >= 11 is 0. The first-order valence-electron chi connectivity index (χ1n) is 6.74. The molecule has 9 heteroatoms. The highest BCUT2D eigenvalue weighted by Gasteiger charge is 2.28. The van der Waals surface area contributed by atoms with Crippen molar-refractivity contribution < 1.29 is 23.1 Å². The Morgan fingerprint density at radius 3 is 2.41 bits per heavy atom. The minimum atomic E-state index is -3.24. The molecular formula is C13H17N3O5S. The van der Waals surface area contributed by atoms with Gasteiger partial charge in [-0.3, -0.25) is 13.9 Å². The number of hydrogen-bond donors (Lipinski definition) is 3. The van der Waals surface area contributed by atoms with Crippen molar-refractivity contribution >= 4 is 33.2 Å². The predicted octanol–water partition coefficient (Wildman–Crippen LogP) is -0.726. The third-order valence-corrected chi connectivity index (χ3v) is 4.99. The van der Waals surface area contributed by atoms with Crippen LogP contribution in [-0.2, 0) is 19.6 Å². The van der Waals surface area contributed by atoms with Gasteiger partial charge >= 0.3 is 11.8 Å². The minimum absolute atomic E-state index is 0.00197. The van der Waals surface area contributed by atoms with E-state index in [1.54, 1.807) is 12.1 Å². The number of sulfonamides is 1. The van der Waals surface area contributed by atoms with E-state index in [0.29, 0.717) is 24.3 Å². The number of carbonyl (C=O) groups is 2. The Balaban J connectivity index is 2.00.